The Labute approximate surface area is 185 Å². The van der Waals surface area contributed by atoms with Crippen molar-refractivity contribution in [3.63, 3.8) is 0 Å². The van der Waals surface area contributed by atoms with Gasteiger partial charge in [-0.15, -0.1) is 0 Å². The number of fused-ring (bicyclic) bond motifs is 1. The van der Waals surface area contributed by atoms with E-state index < -0.39 is 0 Å². The Kier molecular flexibility index (Phi) is 6.32. The number of halogens is 1. The van der Waals surface area contributed by atoms with Crippen LogP contribution in [0.15, 0.2) is 48.5 Å². The second-order valence-corrected chi connectivity index (χ2v) is 7.85. The normalized spacial score (nSPS) is 13.0. The van der Waals surface area contributed by atoms with E-state index in [1.54, 1.807) is 35.2 Å². The smallest absolute Gasteiger partial charge is 0.322 e. The number of ether oxygens (including phenoxy) is 1. The van der Waals surface area contributed by atoms with Gasteiger partial charge < -0.3 is 15.0 Å². The number of anilines is 1. The number of hydrogen-bond acceptors (Lipinski definition) is 4. The summed E-state index contributed by atoms with van der Waals surface area (Å²) >= 11 is 0. The Morgan fingerprint density at radius 1 is 1.16 bits per heavy atom. The molecule has 7 nitrogen and oxygen atoms in total. The zero-order valence-electron chi connectivity index (χ0n) is 18.1. The lowest BCUT2D eigenvalue weighted by atomic mass is 10.1. The molecule has 4 rings (SSSR count). The van der Waals surface area contributed by atoms with Crippen molar-refractivity contribution in [2.24, 2.45) is 7.05 Å². The van der Waals surface area contributed by atoms with Gasteiger partial charge in [0.15, 0.2) is 5.78 Å². The van der Waals surface area contributed by atoms with E-state index in [1.807, 2.05) is 17.8 Å². The molecule has 1 N–H and O–H groups in total. The van der Waals surface area contributed by atoms with Crippen LogP contribution in [0.3, 0.4) is 0 Å². The number of aromatic nitrogens is 2. The lowest BCUT2D eigenvalue weighted by Crippen LogP contribution is -2.39. The molecule has 166 valence electrons. The van der Waals surface area contributed by atoms with Gasteiger partial charge in [0, 0.05) is 42.5 Å². The van der Waals surface area contributed by atoms with Crippen LogP contribution < -0.4 is 5.32 Å². The fraction of sp³-hybridized carbons (Fsp3) is 0.292. The number of hydrogen-bond donors (Lipinski definition) is 1. The van der Waals surface area contributed by atoms with Gasteiger partial charge in [0.1, 0.15) is 5.82 Å². The van der Waals surface area contributed by atoms with Crippen molar-refractivity contribution in [3.05, 3.63) is 82.4 Å². The van der Waals surface area contributed by atoms with Crippen LogP contribution in [-0.2, 0) is 38.0 Å². The molecule has 2 aromatic carbocycles. The fourth-order valence-corrected chi connectivity index (χ4v) is 3.84. The molecule has 32 heavy (non-hydrogen) atoms. The number of aryl methyl sites for hydroxylation is 1. The van der Waals surface area contributed by atoms with Crippen molar-refractivity contribution in [1.82, 2.24) is 14.7 Å². The first kappa shape index (κ1) is 21.7. The van der Waals surface area contributed by atoms with Crippen LogP contribution in [-0.4, -0.2) is 33.0 Å². The number of Topliss-reactive ketones (excluding diaryl/α,β-unsaturated/α-hetero) is 1. The number of ketones is 1. The summed E-state index contributed by atoms with van der Waals surface area (Å²) in [5, 5.41) is 7.46. The minimum atomic E-state index is -0.293. The van der Waals surface area contributed by atoms with Gasteiger partial charge in [-0.05, 0) is 48.9 Å². The molecule has 2 amide bonds. The van der Waals surface area contributed by atoms with E-state index in [9.17, 15) is 14.0 Å². The lowest BCUT2D eigenvalue weighted by molar-refractivity contribution is 0.101. The topological polar surface area (TPSA) is 76.5 Å². The third kappa shape index (κ3) is 4.86. The fourth-order valence-electron chi connectivity index (χ4n) is 3.84. The van der Waals surface area contributed by atoms with E-state index in [1.165, 1.54) is 19.1 Å². The summed E-state index contributed by atoms with van der Waals surface area (Å²) in [5.41, 5.74) is 4.84. The summed E-state index contributed by atoms with van der Waals surface area (Å²) in [6, 6.07) is 12.9. The van der Waals surface area contributed by atoms with Crippen LogP contribution >= 0.6 is 0 Å². The first-order valence-corrected chi connectivity index (χ1v) is 10.4. The van der Waals surface area contributed by atoms with E-state index in [2.05, 4.69) is 10.4 Å². The minimum absolute atomic E-state index is 0.0184. The molecule has 0 aliphatic carbocycles. The molecule has 0 radical (unpaired) electrons. The van der Waals surface area contributed by atoms with Crippen LogP contribution in [0.25, 0.3) is 0 Å². The Balaban J connectivity index is 1.39. The molecule has 8 heteroatoms. The highest BCUT2D eigenvalue weighted by molar-refractivity contribution is 5.95. The molecule has 0 unspecified atom stereocenters. The van der Waals surface area contributed by atoms with Gasteiger partial charge in [0.05, 0.1) is 25.5 Å². The number of amides is 2. The molecule has 1 aliphatic rings. The molecule has 1 aromatic heterocycles. The van der Waals surface area contributed by atoms with Crippen molar-refractivity contribution < 1.29 is 18.7 Å². The molecule has 2 heterocycles. The van der Waals surface area contributed by atoms with Crippen LogP contribution in [0, 0.1) is 5.82 Å². The highest BCUT2D eigenvalue weighted by Gasteiger charge is 2.26. The average Bonchev–Trinajstić information content (AvgIpc) is 3.09. The van der Waals surface area contributed by atoms with Crippen molar-refractivity contribution in [1.29, 1.82) is 0 Å². The Morgan fingerprint density at radius 3 is 2.66 bits per heavy atom. The van der Waals surface area contributed by atoms with Crippen molar-refractivity contribution in [2.75, 3.05) is 11.9 Å². The predicted octanol–water partition coefficient (Wildman–Crippen LogP) is 4.07. The zero-order chi connectivity index (χ0) is 22.7. The molecular weight excluding hydrogens is 411 g/mol. The molecule has 0 spiro atoms. The summed E-state index contributed by atoms with van der Waals surface area (Å²) in [6.45, 7) is 3.07. The number of rotatable bonds is 6. The van der Waals surface area contributed by atoms with Crippen molar-refractivity contribution in [3.8, 4) is 0 Å². The van der Waals surface area contributed by atoms with Gasteiger partial charge in [0.2, 0.25) is 0 Å². The number of nitrogens with one attached hydrogen (secondary N) is 1. The van der Waals surface area contributed by atoms with E-state index in [-0.39, 0.29) is 30.8 Å². The van der Waals surface area contributed by atoms with Crippen LogP contribution in [0.1, 0.15) is 39.8 Å². The number of benzene rings is 2. The van der Waals surface area contributed by atoms with Gasteiger partial charge in [-0.2, -0.15) is 5.10 Å². The molecule has 1 aliphatic heterocycles. The Bertz CT molecular complexity index is 1140. The molecule has 0 fully saturated rings. The second-order valence-electron chi connectivity index (χ2n) is 7.85. The maximum absolute atomic E-state index is 13.3. The minimum Gasteiger partial charge on any atom is -0.370 e. The average molecular weight is 436 g/mol. The van der Waals surface area contributed by atoms with Crippen LogP contribution in [0.5, 0.6) is 0 Å². The Morgan fingerprint density at radius 2 is 1.94 bits per heavy atom. The monoisotopic (exact) mass is 436 g/mol. The highest BCUT2D eigenvalue weighted by atomic mass is 19.1. The second kappa shape index (κ2) is 9.32. The van der Waals surface area contributed by atoms with E-state index in [4.69, 9.17) is 4.74 Å². The maximum Gasteiger partial charge on any atom is 0.322 e. The van der Waals surface area contributed by atoms with E-state index in [0.29, 0.717) is 30.8 Å². The van der Waals surface area contributed by atoms with Crippen LogP contribution in [0.2, 0.25) is 0 Å². The van der Waals surface area contributed by atoms with Gasteiger partial charge >= 0.3 is 6.03 Å². The van der Waals surface area contributed by atoms with E-state index >= 15 is 0 Å². The number of carbonyl (C=O) groups is 2. The molecular formula is C24H25FN4O3. The standard InChI is InChI=1S/C24H25FN4O3/c1-16(30)18-6-8-20(9-7-18)26-24(31)29-11-10-23-21(13-29)22(27-28(23)2)15-32-14-17-4-3-5-19(25)12-17/h3-9,12H,10-11,13-15H2,1-2H3,(H,26,31). The van der Waals surface area contributed by atoms with Crippen LogP contribution in [0.4, 0.5) is 14.9 Å². The first-order valence-electron chi connectivity index (χ1n) is 10.4. The summed E-state index contributed by atoms with van der Waals surface area (Å²) < 4.78 is 21.0. The molecule has 3 aromatic rings. The summed E-state index contributed by atoms with van der Waals surface area (Å²) in [5.74, 6) is -0.311. The quantitative estimate of drug-likeness (QED) is 0.591. The third-order valence-corrected chi connectivity index (χ3v) is 5.55. The van der Waals surface area contributed by atoms with Gasteiger partial charge in [-0.25, -0.2) is 9.18 Å². The first-order chi connectivity index (χ1) is 15.4. The number of urea groups is 1. The lowest BCUT2D eigenvalue weighted by Gasteiger charge is -2.28. The summed E-state index contributed by atoms with van der Waals surface area (Å²) in [4.78, 5) is 26.0. The highest BCUT2D eigenvalue weighted by Crippen LogP contribution is 2.24. The number of nitrogens with zero attached hydrogens (tertiary/aromatic N) is 3. The van der Waals surface area contributed by atoms with Gasteiger partial charge in [-0.1, -0.05) is 12.1 Å². The largest absolute Gasteiger partial charge is 0.370 e. The zero-order valence-corrected chi connectivity index (χ0v) is 18.1. The third-order valence-electron chi connectivity index (χ3n) is 5.55. The summed E-state index contributed by atoms with van der Waals surface area (Å²) in [6.07, 6.45) is 0.694. The van der Waals surface area contributed by atoms with Crippen molar-refractivity contribution in [2.45, 2.75) is 33.1 Å². The number of carbonyl (C=O) groups excluding carboxylic acids is 2. The van der Waals surface area contributed by atoms with Gasteiger partial charge in [0.25, 0.3) is 0 Å². The molecule has 0 bridgehead atoms. The predicted molar refractivity (Wildman–Crippen MR) is 118 cm³/mol. The SMILES string of the molecule is CC(=O)c1ccc(NC(=O)N2CCc3c(c(COCc4cccc(F)c4)nn3C)C2)cc1. The van der Waals surface area contributed by atoms with Crippen molar-refractivity contribution >= 4 is 17.5 Å². The van der Waals surface area contributed by atoms with E-state index in [0.717, 1.165) is 22.5 Å². The van der Waals surface area contributed by atoms with Gasteiger partial charge in [-0.3, -0.25) is 9.48 Å². The summed E-state index contributed by atoms with van der Waals surface area (Å²) in [7, 11) is 1.89. The molecule has 0 atom stereocenters. The molecule has 0 saturated carbocycles. The molecule has 0 saturated heterocycles. The maximum atomic E-state index is 13.3. The Hall–Kier alpha value is -3.52.